The van der Waals surface area contributed by atoms with E-state index >= 15 is 0 Å². The average molecular weight is 276 g/mol. The predicted molar refractivity (Wildman–Crippen MR) is 62.7 cm³/mol. The number of benzene rings is 1. The summed E-state index contributed by atoms with van der Waals surface area (Å²) in [7, 11) is -3.95. The highest BCUT2D eigenvalue weighted by Gasteiger charge is 2.25. The SMILES string of the molecule is Cc1cc(S(=O)(=O)NC2CCNC2)c(F)cc1F. The number of aryl methyl sites for hydroxylation is 1. The molecule has 1 aromatic rings. The monoisotopic (exact) mass is 276 g/mol. The zero-order valence-corrected chi connectivity index (χ0v) is 10.7. The molecule has 0 aromatic heterocycles. The second-order valence-corrected chi connectivity index (χ2v) is 6.03. The first-order valence-corrected chi connectivity index (χ1v) is 7.07. The Morgan fingerprint density at radius 3 is 2.67 bits per heavy atom. The number of nitrogens with one attached hydrogen (secondary N) is 2. The second kappa shape index (κ2) is 4.91. The van der Waals surface area contributed by atoms with Crippen molar-refractivity contribution in [2.75, 3.05) is 13.1 Å². The second-order valence-electron chi connectivity index (χ2n) is 4.34. The van der Waals surface area contributed by atoms with Crippen molar-refractivity contribution in [1.82, 2.24) is 10.0 Å². The number of halogens is 2. The average Bonchev–Trinajstić information content (AvgIpc) is 2.75. The Kier molecular flexibility index (Phi) is 3.65. The van der Waals surface area contributed by atoms with Crippen molar-refractivity contribution in [3.8, 4) is 0 Å². The Hall–Kier alpha value is -1.05. The number of hydrogen-bond donors (Lipinski definition) is 2. The highest BCUT2D eigenvalue weighted by Crippen LogP contribution is 2.19. The first-order valence-electron chi connectivity index (χ1n) is 5.59. The van der Waals surface area contributed by atoms with Gasteiger partial charge in [-0.2, -0.15) is 0 Å². The van der Waals surface area contributed by atoms with Gasteiger partial charge in [0.15, 0.2) is 0 Å². The molecule has 7 heteroatoms. The Labute approximate surface area is 104 Å². The van der Waals surface area contributed by atoms with Gasteiger partial charge in [0.25, 0.3) is 0 Å². The van der Waals surface area contributed by atoms with Gasteiger partial charge in [-0.05, 0) is 31.5 Å². The van der Waals surface area contributed by atoms with Crippen LogP contribution in [0.5, 0.6) is 0 Å². The normalized spacial score (nSPS) is 20.3. The Bertz CT molecular complexity index is 554. The van der Waals surface area contributed by atoms with E-state index in [1.165, 1.54) is 6.92 Å². The molecule has 1 saturated heterocycles. The third-order valence-electron chi connectivity index (χ3n) is 2.88. The fourth-order valence-corrected chi connectivity index (χ4v) is 3.29. The quantitative estimate of drug-likeness (QED) is 0.863. The van der Waals surface area contributed by atoms with Crippen molar-refractivity contribution in [2.24, 2.45) is 0 Å². The first kappa shape index (κ1) is 13.4. The molecule has 1 heterocycles. The van der Waals surface area contributed by atoms with E-state index < -0.39 is 26.6 Å². The topological polar surface area (TPSA) is 58.2 Å². The predicted octanol–water partition coefficient (Wildman–Crippen LogP) is 0.913. The highest BCUT2D eigenvalue weighted by atomic mass is 32.2. The molecule has 0 radical (unpaired) electrons. The molecule has 100 valence electrons. The van der Waals surface area contributed by atoms with E-state index in [2.05, 4.69) is 10.0 Å². The first-order chi connectivity index (χ1) is 8.40. The van der Waals surface area contributed by atoms with Crippen molar-refractivity contribution in [1.29, 1.82) is 0 Å². The van der Waals surface area contributed by atoms with Crippen LogP contribution in [0.1, 0.15) is 12.0 Å². The van der Waals surface area contributed by atoms with E-state index in [1.54, 1.807) is 0 Å². The smallest absolute Gasteiger partial charge is 0.243 e. The van der Waals surface area contributed by atoms with Gasteiger partial charge >= 0.3 is 0 Å². The van der Waals surface area contributed by atoms with Crippen molar-refractivity contribution < 1.29 is 17.2 Å². The lowest BCUT2D eigenvalue weighted by Gasteiger charge is -2.13. The van der Waals surface area contributed by atoms with Crippen molar-refractivity contribution >= 4 is 10.0 Å². The summed E-state index contributed by atoms with van der Waals surface area (Å²) in [5, 5.41) is 3.00. The summed E-state index contributed by atoms with van der Waals surface area (Å²) >= 11 is 0. The maximum Gasteiger partial charge on any atom is 0.243 e. The number of sulfonamides is 1. The lowest BCUT2D eigenvalue weighted by molar-refractivity contribution is 0.531. The van der Waals surface area contributed by atoms with E-state index in [0.717, 1.165) is 12.6 Å². The maximum absolute atomic E-state index is 13.5. The molecule has 1 aromatic carbocycles. The summed E-state index contributed by atoms with van der Waals surface area (Å²) in [4.78, 5) is -0.506. The zero-order chi connectivity index (χ0) is 13.3. The third kappa shape index (κ3) is 2.68. The van der Waals surface area contributed by atoms with Gasteiger partial charge in [-0.1, -0.05) is 0 Å². The van der Waals surface area contributed by atoms with Gasteiger partial charge < -0.3 is 5.32 Å². The van der Waals surface area contributed by atoms with Crippen molar-refractivity contribution in [3.63, 3.8) is 0 Å². The maximum atomic E-state index is 13.5. The van der Waals surface area contributed by atoms with E-state index in [9.17, 15) is 17.2 Å². The van der Waals surface area contributed by atoms with E-state index in [0.29, 0.717) is 19.0 Å². The molecule has 0 saturated carbocycles. The van der Waals surface area contributed by atoms with Gasteiger partial charge in [0.2, 0.25) is 10.0 Å². The van der Waals surface area contributed by atoms with Crippen LogP contribution in [-0.4, -0.2) is 27.5 Å². The minimum absolute atomic E-state index is 0.0984. The minimum Gasteiger partial charge on any atom is -0.315 e. The van der Waals surface area contributed by atoms with Crippen LogP contribution in [0.25, 0.3) is 0 Å². The fraction of sp³-hybridized carbons (Fsp3) is 0.455. The highest BCUT2D eigenvalue weighted by molar-refractivity contribution is 7.89. The minimum atomic E-state index is -3.95. The molecule has 18 heavy (non-hydrogen) atoms. The van der Waals surface area contributed by atoms with Crippen LogP contribution < -0.4 is 10.0 Å². The molecule has 0 spiro atoms. The Balaban J connectivity index is 2.31. The zero-order valence-electron chi connectivity index (χ0n) is 9.83. The molecule has 2 rings (SSSR count). The standard InChI is InChI=1S/C11H14F2N2O2S/c1-7-4-11(10(13)5-9(7)12)18(16,17)15-8-2-3-14-6-8/h4-5,8,14-15H,2-3,6H2,1H3. The van der Waals surface area contributed by atoms with Crippen molar-refractivity contribution in [3.05, 3.63) is 29.3 Å². The summed E-state index contributed by atoms with van der Waals surface area (Å²) in [5.41, 5.74) is 0.0984. The van der Waals surface area contributed by atoms with E-state index in [1.807, 2.05) is 0 Å². The molecule has 1 fully saturated rings. The molecule has 2 N–H and O–H groups in total. The molecule has 4 nitrogen and oxygen atoms in total. The van der Waals surface area contributed by atoms with Gasteiger partial charge in [0.1, 0.15) is 16.5 Å². The third-order valence-corrected chi connectivity index (χ3v) is 4.42. The van der Waals surface area contributed by atoms with Crippen LogP contribution in [0.4, 0.5) is 8.78 Å². The molecular formula is C11H14F2N2O2S. The van der Waals surface area contributed by atoms with Gasteiger partial charge in [0.05, 0.1) is 0 Å². The van der Waals surface area contributed by atoms with Gasteiger partial charge in [-0.15, -0.1) is 0 Å². The summed E-state index contributed by atoms with van der Waals surface area (Å²) in [5.74, 6) is -1.83. The van der Waals surface area contributed by atoms with E-state index in [-0.39, 0.29) is 11.6 Å². The Morgan fingerprint density at radius 2 is 2.06 bits per heavy atom. The van der Waals surface area contributed by atoms with Gasteiger partial charge in [-0.3, -0.25) is 0 Å². The fourth-order valence-electron chi connectivity index (χ4n) is 1.87. The van der Waals surface area contributed by atoms with Crippen LogP contribution in [0.15, 0.2) is 17.0 Å². The van der Waals surface area contributed by atoms with Crippen LogP contribution in [0, 0.1) is 18.6 Å². The van der Waals surface area contributed by atoms with Crippen LogP contribution >= 0.6 is 0 Å². The largest absolute Gasteiger partial charge is 0.315 e. The summed E-state index contributed by atoms with van der Waals surface area (Å²) in [6.45, 7) is 2.63. The number of rotatable bonds is 3. The molecule has 0 bridgehead atoms. The molecule has 0 amide bonds. The molecule has 1 aliphatic rings. The van der Waals surface area contributed by atoms with Gasteiger partial charge in [-0.25, -0.2) is 21.9 Å². The summed E-state index contributed by atoms with van der Waals surface area (Å²) < 4.78 is 53.0. The lowest BCUT2D eigenvalue weighted by atomic mass is 10.2. The van der Waals surface area contributed by atoms with Gasteiger partial charge in [0, 0.05) is 18.7 Å². The summed E-state index contributed by atoms with van der Waals surface area (Å²) in [6.07, 6.45) is 0.654. The van der Waals surface area contributed by atoms with Crippen LogP contribution in [0.3, 0.4) is 0 Å². The van der Waals surface area contributed by atoms with Crippen LogP contribution in [0.2, 0.25) is 0 Å². The molecule has 1 unspecified atom stereocenters. The van der Waals surface area contributed by atoms with Crippen molar-refractivity contribution in [2.45, 2.75) is 24.3 Å². The molecule has 0 aliphatic carbocycles. The lowest BCUT2D eigenvalue weighted by Crippen LogP contribution is -2.36. The Morgan fingerprint density at radius 1 is 1.33 bits per heavy atom. The van der Waals surface area contributed by atoms with Crippen LogP contribution in [-0.2, 0) is 10.0 Å². The molecular weight excluding hydrogens is 262 g/mol. The summed E-state index contributed by atoms with van der Waals surface area (Å²) in [6, 6.07) is 1.35. The number of hydrogen-bond acceptors (Lipinski definition) is 3. The van der Waals surface area contributed by atoms with E-state index in [4.69, 9.17) is 0 Å². The molecule has 1 aliphatic heterocycles. The molecule has 1 atom stereocenters.